The van der Waals surface area contributed by atoms with Crippen molar-refractivity contribution in [3.05, 3.63) is 58.7 Å². The van der Waals surface area contributed by atoms with E-state index < -0.39 is 0 Å². The highest BCUT2D eigenvalue weighted by Gasteiger charge is 2.58. The summed E-state index contributed by atoms with van der Waals surface area (Å²) in [4.78, 5) is 0. The molecule has 0 aromatic rings. The molecule has 132 valence electrons. The van der Waals surface area contributed by atoms with Crippen molar-refractivity contribution in [2.45, 2.75) is 53.4 Å². The van der Waals surface area contributed by atoms with Crippen LogP contribution in [0.15, 0.2) is 58.7 Å². The Bertz CT molecular complexity index is 792. The molecule has 1 saturated carbocycles. The summed E-state index contributed by atoms with van der Waals surface area (Å²) in [5.74, 6) is 0. The molecule has 1 saturated heterocycles. The van der Waals surface area contributed by atoms with E-state index in [1.165, 1.54) is 24.8 Å². The van der Waals surface area contributed by atoms with E-state index in [9.17, 15) is 0 Å². The van der Waals surface area contributed by atoms with Gasteiger partial charge in [0.2, 0.25) is 0 Å². The van der Waals surface area contributed by atoms with E-state index in [1.54, 1.807) is 16.7 Å². The number of rotatable bonds is 0. The maximum atomic E-state index is 6.22. The zero-order valence-corrected chi connectivity index (χ0v) is 16.1. The van der Waals surface area contributed by atoms with Crippen LogP contribution in [0.25, 0.3) is 0 Å². The molecule has 4 atom stereocenters. The molecule has 2 fully saturated rings. The molecule has 0 aromatic carbocycles. The van der Waals surface area contributed by atoms with Crippen LogP contribution in [-0.4, -0.2) is 13.2 Å². The average Bonchev–Trinajstić information content (AvgIpc) is 2.55. The predicted octanol–water partition coefficient (Wildman–Crippen LogP) is 5.92. The van der Waals surface area contributed by atoms with Crippen molar-refractivity contribution >= 4 is 0 Å². The average molecular weight is 335 g/mol. The van der Waals surface area contributed by atoms with Gasteiger partial charge in [0.25, 0.3) is 0 Å². The first-order valence-corrected chi connectivity index (χ1v) is 9.94. The lowest BCUT2D eigenvalue weighted by atomic mass is 9.46. The lowest BCUT2D eigenvalue weighted by Crippen LogP contribution is -2.53. The van der Waals surface area contributed by atoms with Gasteiger partial charge in [0.1, 0.15) is 0 Å². The van der Waals surface area contributed by atoms with E-state index in [-0.39, 0.29) is 21.7 Å². The highest BCUT2D eigenvalue weighted by atomic mass is 16.5. The molecule has 5 rings (SSSR count). The molecule has 1 heterocycles. The topological polar surface area (TPSA) is 9.23 Å². The van der Waals surface area contributed by atoms with Gasteiger partial charge in [0.05, 0.1) is 13.2 Å². The first-order valence-electron chi connectivity index (χ1n) is 9.94. The first-order chi connectivity index (χ1) is 11.8. The van der Waals surface area contributed by atoms with Crippen LogP contribution in [0.4, 0.5) is 0 Å². The highest BCUT2D eigenvalue weighted by molar-refractivity contribution is 5.60. The van der Waals surface area contributed by atoms with Gasteiger partial charge in [-0.15, -0.1) is 0 Å². The quantitative estimate of drug-likeness (QED) is 0.534. The summed E-state index contributed by atoms with van der Waals surface area (Å²) in [5, 5.41) is 0. The molecular weight excluding hydrogens is 304 g/mol. The van der Waals surface area contributed by atoms with Gasteiger partial charge >= 0.3 is 0 Å². The molecule has 0 amide bonds. The van der Waals surface area contributed by atoms with Crippen molar-refractivity contribution in [3.8, 4) is 0 Å². The SMILES string of the molecule is CC1=CC2(C)CC=C3C(=CC=C4C5(C)CCCC34COC5)C2(C)C=C1. The molecule has 25 heavy (non-hydrogen) atoms. The minimum absolute atomic E-state index is 0.0820. The van der Waals surface area contributed by atoms with Crippen LogP contribution in [-0.2, 0) is 4.74 Å². The molecule has 5 aliphatic rings. The van der Waals surface area contributed by atoms with E-state index in [2.05, 4.69) is 64.2 Å². The summed E-state index contributed by atoms with van der Waals surface area (Å²) in [6.45, 7) is 11.3. The molecule has 0 aromatic heterocycles. The van der Waals surface area contributed by atoms with Crippen LogP contribution in [0.1, 0.15) is 53.4 Å². The second-order valence-electron chi connectivity index (χ2n) is 9.81. The minimum Gasteiger partial charge on any atom is -0.379 e. The van der Waals surface area contributed by atoms with Crippen LogP contribution < -0.4 is 0 Å². The minimum atomic E-state index is 0.0820. The fraction of sp³-hybridized carbons (Fsp3) is 0.583. The van der Waals surface area contributed by atoms with E-state index >= 15 is 0 Å². The molecule has 4 unspecified atom stereocenters. The Morgan fingerprint density at radius 3 is 2.68 bits per heavy atom. The van der Waals surface area contributed by atoms with Gasteiger partial charge in [0.15, 0.2) is 0 Å². The third-order valence-electron chi connectivity index (χ3n) is 8.19. The van der Waals surface area contributed by atoms with Crippen molar-refractivity contribution in [2.75, 3.05) is 13.2 Å². The molecule has 1 aliphatic heterocycles. The lowest BCUT2D eigenvalue weighted by Gasteiger charge is -2.60. The van der Waals surface area contributed by atoms with Gasteiger partial charge in [0, 0.05) is 21.7 Å². The van der Waals surface area contributed by atoms with Crippen LogP contribution in [0.3, 0.4) is 0 Å². The van der Waals surface area contributed by atoms with Crippen LogP contribution in [0.5, 0.6) is 0 Å². The predicted molar refractivity (Wildman–Crippen MR) is 103 cm³/mol. The standard InChI is InChI=1S/C24H30O/c1-17-8-13-23(4)18-6-7-20-21(2)10-5-11-24(20,16-25-15-21)19(18)9-12-22(23,3)14-17/h6-9,13-14H,5,10-12,15-16H2,1-4H3. The summed E-state index contributed by atoms with van der Waals surface area (Å²) in [6, 6.07) is 0. The maximum Gasteiger partial charge on any atom is 0.0601 e. The van der Waals surface area contributed by atoms with E-state index in [0.717, 1.165) is 19.6 Å². The summed E-state index contributed by atoms with van der Waals surface area (Å²) in [6.07, 6.45) is 19.8. The first kappa shape index (κ1) is 15.9. The molecule has 4 aliphatic carbocycles. The van der Waals surface area contributed by atoms with Gasteiger partial charge in [-0.05, 0) is 42.9 Å². The van der Waals surface area contributed by atoms with Gasteiger partial charge in [-0.1, -0.05) is 69.2 Å². The molecule has 1 nitrogen and oxygen atoms in total. The number of allylic oxidation sites excluding steroid dienone is 8. The molecule has 2 bridgehead atoms. The van der Waals surface area contributed by atoms with Crippen molar-refractivity contribution < 1.29 is 4.74 Å². The summed E-state index contributed by atoms with van der Waals surface area (Å²) >= 11 is 0. The third-order valence-corrected chi connectivity index (χ3v) is 8.19. The zero-order chi connectivity index (χ0) is 17.5. The Kier molecular flexibility index (Phi) is 2.97. The molecule has 1 heteroatoms. The number of ether oxygens (including phenoxy) is 1. The Labute approximate surface area is 152 Å². The molecule has 0 radical (unpaired) electrons. The summed E-state index contributed by atoms with van der Waals surface area (Å²) < 4.78 is 6.22. The third kappa shape index (κ3) is 1.78. The van der Waals surface area contributed by atoms with Gasteiger partial charge in [-0.25, -0.2) is 0 Å². The zero-order valence-electron chi connectivity index (χ0n) is 16.1. The Morgan fingerprint density at radius 2 is 1.84 bits per heavy atom. The Balaban J connectivity index is 1.73. The van der Waals surface area contributed by atoms with E-state index in [4.69, 9.17) is 4.74 Å². The normalized spacial score (nSPS) is 47.5. The van der Waals surface area contributed by atoms with Crippen LogP contribution in [0.2, 0.25) is 0 Å². The van der Waals surface area contributed by atoms with Crippen molar-refractivity contribution in [1.29, 1.82) is 0 Å². The fourth-order valence-corrected chi connectivity index (χ4v) is 6.54. The Morgan fingerprint density at radius 1 is 1.00 bits per heavy atom. The van der Waals surface area contributed by atoms with Crippen LogP contribution >= 0.6 is 0 Å². The highest BCUT2D eigenvalue weighted by Crippen LogP contribution is 2.66. The second-order valence-corrected chi connectivity index (χ2v) is 9.81. The van der Waals surface area contributed by atoms with Crippen molar-refractivity contribution in [3.63, 3.8) is 0 Å². The van der Waals surface area contributed by atoms with E-state index in [0.29, 0.717) is 0 Å². The van der Waals surface area contributed by atoms with Gasteiger partial charge in [-0.2, -0.15) is 0 Å². The second kappa shape index (κ2) is 4.68. The number of hydrogen-bond acceptors (Lipinski definition) is 1. The molecular formula is C24H30O. The monoisotopic (exact) mass is 334 g/mol. The fourth-order valence-electron chi connectivity index (χ4n) is 6.54. The van der Waals surface area contributed by atoms with E-state index in [1.807, 2.05) is 0 Å². The van der Waals surface area contributed by atoms with Gasteiger partial charge < -0.3 is 4.74 Å². The Hall–Kier alpha value is -1.34. The van der Waals surface area contributed by atoms with Crippen molar-refractivity contribution in [2.24, 2.45) is 21.7 Å². The molecule has 0 N–H and O–H groups in total. The smallest absolute Gasteiger partial charge is 0.0601 e. The van der Waals surface area contributed by atoms with Crippen molar-refractivity contribution in [1.82, 2.24) is 0 Å². The number of hydrogen-bond donors (Lipinski definition) is 0. The van der Waals surface area contributed by atoms with Crippen LogP contribution in [0, 0.1) is 21.7 Å². The summed E-state index contributed by atoms with van der Waals surface area (Å²) in [5.41, 5.74) is 6.83. The summed E-state index contributed by atoms with van der Waals surface area (Å²) in [7, 11) is 0. The number of fused-ring (bicyclic) bond motifs is 3. The lowest BCUT2D eigenvalue weighted by molar-refractivity contribution is -0.0487. The maximum absolute atomic E-state index is 6.22. The molecule has 0 spiro atoms. The van der Waals surface area contributed by atoms with Gasteiger partial charge in [-0.3, -0.25) is 0 Å². The largest absolute Gasteiger partial charge is 0.379 e.